The first-order valence-electron chi connectivity index (χ1n) is 3.53. The average molecular weight is 136 g/mol. The van der Waals surface area contributed by atoms with E-state index in [4.69, 9.17) is 4.74 Å². The molecular formula is C9H12O. The van der Waals surface area contributed by atoms with Crippen molar-refractivity contribution in [3.63, 3.8) is 0 Å². The molecule has 0 saturated heterocycles. The third-order valence-electron chi connectivity index (χ3n) is 1.36. The first-order valence-corrected chi connectivity index (χ1v) is 3.53. The van der Waals surface area contributed by atoms with E-state index in [1.165, 1.54) is 0 Å². The second-order valence-corrected chi connectivity index (χ2v) is 2.20. The van der Waals surface area contributed by atoms with Crippen LogP contribution in [0.5, 0.6) is 0 Å². The van der Waals surface area contributed by atoms with Crippen molar-refractivity contribution in [1.82, 2.24) is 0 Å². The van der Waals surface area contributed by atoms with Crippen molar-refractivity contribution in [1.29, 1.82) is 0 Å². The molecule has 0 bridgehead atoms. The Hall–Kier alpha value is -0.980. The maximum absolute atomic E-state index is 5.32. The van der Waals surface area contributed by atoms with Crippen LogP contribution in [0, 0.1) is 0 Å². The molecule has 54 valence electrons. The highest BCUT2D eigenvalue weighted by Crippen LogP contribution is 2.12. The van der Waals surface area contributed by atoms with Crippen LogP contribution in [-0.4, -0.2) is 6.61 Å². The summed E-state index contributed by atoms with van der Waals surface area (Å²) >= 11 is 0. The zero-order valence-corrected chi connectivity index (χ0v) is 6.05. The molecule has 1 rings (SSSR count). The standard InChI is InChI=1S/C9H12O/c1-2-8-10-9-6-4-3-5-7-9/h2-4,6H,1,5,7-8H2. The Morgan fingerprint density at radius 3 is 3.20 bits per heavy atom. The van der Waals surface area contributed by atoms with E-state index in [0.29, 0.717) is 6.61 Å². The third-order valence-corrected chi connectivity index (χ3v) is 1.36. The van der Waals surface area contributed by atoms with E-state index in [1.807, 2.05) is 12.2 Å². The van der Waals surface area contributed by atoms with Gasteiger partial charge in [0.15, 0.2) is 0 Å². The van der Waals surface area contributed by atoms with E-state index in [0.717, 1.165) is 18.6 Å². The Morgan fingerprint density at radius 2 is 2.60 bits per heavy atom. The van der Waals surface area contributed by atoms with Crippen LogP contribution in [0.4, 0.5) is 0 Å². The van der Waals surface area contributed by atoms with Gasteiger partial charge >= 0.3 is 0 Å². The smallest absolute Gasteiger partial charge is 0.106 e. The molecule has 0 unspecified atom stereocenters. The first-order chi connectivity index (χ1) is 4.93. The van der Waals surface area contributed by atoms with E-state index in [-0.39, 0.29) is 0 Å². The van der Waals surface area contributed by atoms with Gasteiger partial charge in [-0.15, -0.1) is 0 Å². The quantitative estimate of drug-likeness (QED) is 0.541. The van der Waals surface area contributed by atoms with Crippen molar-refractivity contribution in [3.05, 3.63) is 36.6 Å². The molecule has 0 saturated carbocycles. The lowest BCUT2D eigenvalue weighted by Gasteiger charge is -2.08. The van der Waals surface area contributed by atoms with Gasteiger partial charge in [-0.05, 0) is 12.5 Å². The van der Waals surface area contributed by atoms with Gasteiger partial charge in [0.05, 0.1) is 5.76 Å². The Bertz CT molecular complexity index is 166. The van der Waals surface area contributed by atoms with Crippen LogP contribution in [0.2, 0.25) is 0 Å². The molecule has 0 aromatic carbocycles. The lowest BCUT2D eigenvalue weighted by atomic mass is 10.2. The predicted octanol–water partition coefficient (Wildman–Crippen LogP) is 2.42. The Labute approximate surface area is 61.7 Å². The first kappa shape index (κ1) is 7.13. The van der Waals surface area contributed by atoms with Crippen LogP contribution < -0.4 is 0 Å². The maximum atomic E-state index is 5.32. The Kier molecular flexibility index (Phi) is 2.81. The molecule has 0 spiro atoms. The van der Waals surface area contributed by atoms with Gasteiger partial charge in [0.1, 0.15) is 6.61 Å². The molecule has 0 atom stereocenters. The molecule has 1 aliphatic carbocycles. The molecule has 1 aliphatic rings. The highest BCUT2D eigenvalue weighted by atomic mass is 16.5. The van der Waals surface area contributed by atoms with Crippen molar-refractivity contribution in [2.75, 3.05) is 6.61 Å². The SMILES string of the molecule is C=CCOC1=CC=CCC1. The second kappa shape index (κ2) is 3.94. The van der Waals surface area contributed by atoms with Crippen LogP contribution in [0.15, 0.2) is 36.6 Å². The number of hydrogen-bond acceptors (Lipinski definition) is 1. The van der Waals surface area contributed by atoms with Crippen LogP contribution in [0.3, 0.4) is 0 Å². The number of hydrogen-bond donors (Lipinski definition) is 0. The summed E-state index contributed by atoms with van der Waals surface area (Å²) in [5.74, 6) is 1.07. The number of rotatable bonds is 3. The molecule has 0 amide bonds. The van der Waals surface area contributed by atoms with Crippen molar-refractivity contribution >= 4 is 0 Å². The van der Waals surface area contributed by atoms with Gasteiger partial charge in [0.2, 0.25) is 0 Å². The minimum atomic E-state index is 0.625. The summed E-state index contributed by atoms with van der Waals surface area (Å²) in [5.41, 5.74) is 0. The third kappa shape index (κ3) is 2.09. The number of allylic oxidation sites excluding steroid dienone is 4. The Morgan fingerprint density at radius 1 is 1.70 bits per heavy atom. The van der Waals surface area contributed by atoms with Gasteiger partial charge in [-0.1, -0.05) is 24.8 Å². The minimum Gasteiger partial charge on any atom is -0.494 e. The van der Waals surface area contributed by atoms with Crippen LogP contribution in [0.1, 0.15) is 12.8 Å². The summed E-state index contributed by atoms with van der Waals surface area (Å²) in [7, 11) is 0. The average Bonchev–Trinajstić information content (AvgIpc) is 2.03. The molecule has 1 nitrogen and oxygen atoms in total. The fourth-order valence-electron chi connectivity index (χ4n) is 0.867. The molecule has 10 heavy (non-hydrogen) atoms. The highest BCUT2D eigenvalue weighted by molar-refractivity contribution is 5.13. The maximum Gasteiger partial charge on any atom is 0.106 e. The van der Waals surface area contributed by atoms with E-state index < -0.39 is 0 Å². The van der Waals surface area contributed by atoms with Gasteiger partial charge in [-0.3, -0.25) is 0 Å². The molecular weight excluding hydrogens is 124 g/mol. The Balaban J connectivity index is 2.32. The van der Waals surface area contributed by atoms with E-state index in [2.05, 4.69) is 12.7 Å². The monoisotopic (exact) mass is 136 g/mol. The molecule has 0 fully saturated rings. The fraction of sp³-hybridized carbons (Fsp3) is 0.333. The molecule has 0 aromatic rings. The number of ether oxygens (including phenoxy) is 1. The lowest BCUT2D eigenvalue weighted by Crippen LogP contribution is -1.93. The summed E-state index contributed by atoms with van der Waals surface area (Å²) in [6.45, 7) is 4.20. The zero-order chi connectivity index (χ0) is 7.23. The summed E-state index contributed by atoms with van der Waals surface area (Å²) in [5, 5.41) is 0. The second-order valence-electron chi connectivity index (χ2n) is 2.20. The topological polar surface area (TPSA) is 9.23 Å². The summed E-state index contributed by atoms with van der Waals surface area (Å²) in [6.07, 6.45) is 10.1. The van der Waals surface area contributed by atoms with Gasteiger partial charge in [0.25, 0.3) is 0 Å². The van der Waals surface area contributed by atoms with Crippen LogP contribution in [0.25, 0.3) is 0 Å². The lowest BCUT2D eigenvalue weighted by molar-refractivity contribution is 0.235. The van der Waals surface area contributed by atoms with Crippen molar-refractivity contribution < 1.29 is 4.74 Å². The van der Waals surface area contributed by atoms with Gasteiger partial charge in [-0.25, -0.2) is 0 Å². The summed E-state index contributed by atoms with van der Waals surface area (Å²) < 4.78 is 5.32. The van der Waals surface area contributed by atoms with Crippen LogP contribution >= 0.6 is 0 Å². The van der Waals surface area contributed by atoms with Gasteiger partial charge in [-0.2, -0.15) is 0 Å². The summed E-state index contributed by atoms with van der Waals surface area (Å²) in [4.78, 5) is 0. The molecule has 0 aliphatic heterocycles. The fourth-order valence-corrected chi connectivity index (χ4v) is 0.867. The molecule has 0 heterocycles. The molecule has 0 radical (unpaired) electrons. The summed E-state index contributed by atoms with van der Waals surface area (Å²) in [6, 6.07) is 0. The van der Waals surface area contributed by atoms with Crippen molar-refractivity contribution in [2.45, 2.75) is 12.8 Å². The van der Waals surface area contributed by atoms with Gasteiger partial charge in [0, 0.05) is 6.42 Å². The van der Waals surface area contributed by atoms with E-state index in [9.17, 15) is 0 Å². The van der Waals surface area contributed by atoms with Crippen LogP contribution in [-0.2, 0) is 4.74 Å². The highest BCUT2D eigenvalue weighted by Gasteiger charge is 1.97. The van der Waals surface area contributed by atoms with E-state index >= 15 is 0 Å². The predicted molar refractivity (Wildman–Crippen MR) is 42.6 cm³/mol. The zero-order valence-electron chi connectivity index (χ0n) is 6.05. The molecule has 0 N–H and O–H groups in total. The largest absolute Gasteiger partial charge is 0.494 e. The normalized spacial score (nSPS) is 16.2. The van der Waals surface area contributed by atoms with Crippen molar-refractivity contribution in [2.24, 2.45) is 0 Å². The van der Waals surface area contributed by atoms with Gasteiger partial charge < -0.3 is 4.74 Å². The molecule has 0 aromatic heterocycles. The minimum absolute atomic E-state index is 0.625. The van der Waals surface area contributed by atoms with Crippen molar-refractivity contribution in [3.8, 4) is 0 Å². The van der Waals surface area contributed by atoms with E-state index in [1.54, 1.807) is 6.08 Å². The molecule has 1 heteroatoms.